The average molecular weight is 470 g/mol. The molecule has 0 saturated carbocycles. The zero-order valence-corrected chi connectivity index (χ0v) is 17.9. The molecule has 0 radical (unpaired) electrons. The number of hydrogen-bond donors (Lipinski definition) is 0. The van der Waals surface area contributed by atoms with Crippen LogP contribution in [0, 0.1) is 15.9 Å². The highest BCUT2D eigenvalue weighted by atomic mass is 35.5. The molecule has 0 amide bonds. The number of carbonyl (C=O) groups is 2. The predicted octanol–water partition coefficient (Wildman–Crippen LogP) is 4.70. The van der Waals surface area contributed by atoms with Crippen molar-refractivity contribution in [2.75, 3.05) is 26.4 Å². The zero-order valence-electron chi connectivity index (χ0n) is 17.2. The van der Waals surface area contributed by atoms with Gasteiger partial charge in [-0.15, -0.1) is 0 Å². The van der Waals surface area contributed by atoms with E-state index in [0.29, 0.717) is 6.61 Å². The molecule has 11 heteroatoms. The highest BCUT2D eigenvalue weighted by molar-refractivity contribution is 6.32. The van der Waals surface area contributed by atoms with Gasteiger partial charge in [0, 0.05) is 18.7 Å². The third-order valence-corrected chi connectivity index (χ3v) is 4.26. The molecule has 2 aromatic rings. The summed E-state index contributed by atoms with van der Waals surface area (Å²) in [5, 5.41) is 11.2. The molecule has 0 atom stereocenters. The second-order valence-electron chi connectivity index (χ2n) is 6.38. The summed E-state index contributed by atoms with van der Waals surface area (Å²) in [4.78, 5) is 34.5. The Kier molecular flexibility index (Phi) is 9.83. The standard InChI is InChI=1S/C21H21ClFNO8/c1-2-3-8-29-9-10-30-20(25)13-31-21(26)16-12-15(5-6-18(16)24(27)28)32-19-7-4-14(23)11-17(19)22/h4-7,11-12H,2-3,8-10,13H2,1H3. The summed E-state index contributed by atoms with van der Waals surface area (Å²) in [6.07, 6.45) is 1.87. The number of halogens is 2. The summed E-state index contributed by atoms with van der Waals surface area (Å²) in [5.74, 6) is -2.43. The number of benzene rings is 2. The van der Waals surface area contributed by atoms with Gasteiger partial charge in [0.05, 0.1) is 16.6 Å². The van der Waals surface area contributed by atoms with Crippen LogP contribution in [0.2, 0.25) is 5.02 Å². The number of nitrogens with zero attached hydrogens (tertiary/aromatic N) is 1. The van der Waals surface area contributed by atoms with Crippen LogP contribution >= 0.6 is 11.6 Å². The van der Waals surface area contributed by atoms with Crippen LogP contribution in [0.25, 0.3) is 0 Å². The molecule has 32 heavy (non-hydrogen) atoms. The second-order valence-corrected chi connectivity index (χ2v) is 6.78. The van der Waals surface area contributed by atoms with Crippen molar-refractivity contribution in [1.82, 2.24) is 0 Å². The molecular weight excluding hydrogens is 449 g/mol. The maximum atomic E-state index is 13.2. The van der Waals surface area contributed by atoms with E-state index in [9.17, 15) is 24.1 Å². The monoisotopic (exact) mass is 469 g/mol. The van der Waals surface area contributed by atoms with Crippen LogP contribution in [-0.2, 0) is 19.0 Å². The summed E-state index contributed by atoms with van der Waals surface area (Å²) >= 11 is 5.90. The SMILES string of the molecule is CCCCOCCOC(=O)COC(=O)c1cc(Oc2ccc(F)cc2Cl)ccc1[N+](=O)[O-]. The number of nitro benzene ring substituents is 1. The van der Waals surface area contributed by atoms with Crippen LogP contribution in [0.4, 0.5) is 10.1 Å². The Morgan fingerprint density at radius 2 is 1.88 bits per heavy atom. The first-order valence-corrected chi connectivity index (χ1v) is 10.0. The first-order chi connectivity index (χ1) is 15.3. The number of unbranched alkanes of at least 4 members (excludes halogenated alkanes) is 1. The molecule has 0 N–H and O–H groups in total. The van der Waals surface area contributed by atoms with Crippen LogP contribution < -0.4 is 4.74 Å². The van der Waals surface area contributed by atoms with Gasteiger partial charge in [0.2, 0.25) is 0 Å². The van der Waals surface area contributed by atoms with Crippen LogP contribution in [0.15, 0.2) is 36.4 Å². The Bertz CT molecular complexity index is 969. The maximum Gasteiger partial charge on any atom is 0.345 e. The zero-order chi connectivity index (χ0) is 23.5. The minimum absolute atomic E-state index is 0.0119. The summed E-state index contributed by atoms with van der Waals surface area (Å²) in [5.41, 5.74) is -0.994. The fraction of sp³-hybridized carbons (Fsp3) is 0.333. The molecule has 0 aliphatic rings. The Morgan fingerprint density at radius 3 is 2.56 bits per heavy atom. The van der Waals surface area contributed by atoms with Gasteiger partial charge in [-0.05, 0) is 30.7 Å². The molecule has 2 rings (SSSR count). The van der Waals surface area contributed by atoms with E-state index in [2.05, 4.69) is 0 Å². The third-order valence-electron chi connectivity index (χ3n) is 3.96. The maximum absolute atomic E-state index is 13.2. The lowest BCUT2D eigenvalue weighted by atomic mass is 10.1. The molecule has 0 aliphatic heterocycles. The predicted molar refractivity (Wildman–Crippen MR) is 112 cm³/mol. The summed E-state index contributed by atoms with van der Waals surface area (Å²) in [7, 11) is 0. The molecule has 172 valence electrons. The highest BCUT2D eigenvalue weighted by Gasteiger charge is 2.24. The lowest BCUT2D eigenvalue weighted by Crippen LogP contribution is -2.19. The summed E-state index contributed by atoms with van der Waals surface area (Å²) in [6, 6.07) is 6.74. The van der Waals surface area contributed by atoms with Gasteiger partial charge in [0.15, 0.2) is 6.61 Å². The third kappa shape index (κ3) is 7.78. The molecule has 0 aliphatic carbocycles. The first-order valence-electron chi connectivity index (χ1n) is 9.63. The average Bonchev–Trinajstić information content (AvgIpc) is 2.76. The van der Waals surface area contributed by atoms with Crippen molar-refractivity contribution < 1.29 is 37.9 Å². The van der Waals surface area contributed by atoms with Crippen molar-refractivity contribution in [3.63, 3.8) is 0 Å². The van der Waals surface area contributed by atoms with Crippen LogP contribution in [0.1, 0.15) is 30.1 Å². The minimum Gasteiger partial charge on any atom is -0.461 e. The van der Waals surface area contributed by atoms with Crippen molar-refractivity contribution >= 4 is 29.2 Å². The number of esters is 2. The van der Waals surface area contributed by atoms with Gasteiger partial charge < -0.3 is 18.9 Å². The van der Waals surface area contributed by atoms with E-state index in [1.165, 1.54) is 12.1 Å². The van der Waals surface area contributed by atoms with E-state index in [1.54, 1.807) is 0 Å². The van der Waals surface area contributed by atoms with Crippen molar-refractivity contribution in [2.45, 2.75) is 19.8 Å². The van der Waals surface area contributed by atoms with Crippen LogP contribution in [0.3, 0.4) is 0 Å². The second kappa shape index (κ2) is 12.6. The summed E-state index contributed by atoms with van der Waals surface area (Å²) < 4.78 is 33.6. The van der Waals surface area contributed by atoms with E-state index >= 15 is 0 Å². The minimum atomic E-state index is -1.12. The van der Waals surface area contributed by atoms with Gasteiger partial charge in [0.25, 0.3) is 5.69 Å². The van der Waals surface area contributed by atoms with E-state index < -0.39 is 40.5 Å². The summed E-state index contributed by atoms with van der Waals surface area (Å²) in [6.45, 7) is 2.02. The van der Waals surface area contributed by atoms with Gasteiger partial charge in [0.1, 0.15) is 29.5 Å². The van der Waals surface area contributed by atoms with Gasteiger partial charge in [-0.1, -0.05) is 24.9 Å². The number of ether oxygens (including phenoxy) is 4. The Morgan fingerprint density at radius 1 is 1.09 bits per heavy atom. The molecular formula is C21H21ClFNO8. The lowest BCUT2D eigenvalue weighted by Gasteiger charge is -2.10. The molecule has 0 fully saturated rings. The lowest BCUT2D eigenvalue weighted by molar-refractivity contribution is -0.385. The number of hydrogen-bond acceptors (Lipinski definition) is 8. The fourth-order valence-electron chi connectivity index (χ4n) is 2.39. The molecule has 2 aromatic carbocycles. The highest BCUT2D eigenvalue weighted by Crippen LogP contribution is 2.32. The normalized spacial score (nSPS) is 10.5. The van der Waals surface area contributed by atoms with Crippen molar-refractivity contribution in [2.24, 2.45) is 0 Å². The van der Waals surface area contributed by atoms with Crippen molar-refractivity contribution in [1.29, 1.82) is 0 Å². The van der Waals surface area contributed by atoms with Crippen molar-refractivity contribution in [3.05, 3.63) is 62.9 Å². The Balaban J connectivity index is 2.00. The molecule has 0 heterocycles. The molecule has 0 bridgehead atoms. The molecule has 0 saturated heterocycles. The van der Waals surface area contributed by atoms with Crippen LogP contribution in [0.5, 0.6) is 11.5 Å². The number of carbonyl (C=O) groups excluding carboxylic acids is 2. The van der Waals surface area contributed by atoms with E-state index in [-0.39, 0.29) is 29.7 Å². The van der Waals surface area contributed by atoms with E-state index in [0.717, 1.165) is 37.1 Å². The Hall–Kier alpha value is -3.24. The topological polar surface area (TPSA) is 114 Å². The van der Waals surface area contributed by atoms with E-state index in [1.807, 2.05) is 6.92 Å². The molecule has 9 nitrogen and oxygen atoms in total. The number of rotatable bonds is 12. The molecule has 0 unspecified atom stereocenters. The van der Waals surface area contributed by atoms with Gasteiger partial charge in [-0.25, -0.2) is 14.0 Å². The van der Waals surface area contributed by atoms with Gasteiger partial charge in [-0.3, -0.25) is 10.1 Å². The van der Waals surface area contributed by atoms with E-state index in [4.69, 9.17) is 30.5 Å². The smallest absolute Gasteiger partial charge is 0.345 e. The van der Waals surface area contributed by atoms with Crippen LogP contribution in [-0.4, -0.2) is 43.3 Å². The largest absolute Gasteiger partial charge is 0.461 e. The first kappa shape index (κ1) is 25.0. The van der Waals surface area contributed by atoms with Gasteiger partial charge in [-0.2, -0.15) is 0 Å². The molecule has 0 spiro atoms. The fourth-order valence-corrected chi connectivity index (χ4v) is 2.60. The Labute approximate surface area is 188 Å². The number of nitro groups is 1. The quantitative estimate of drug-likeness (QED) is 0.190. The molecule has 0 aromatic heterocycles. The van der Waals surface area contributed by atoms with Crippen molar-refractivity contribution in [3.8, 4) is 11.5 Å². The van der Waals surface area contributed by atoms with Gasteiger partial charge >= 0.3 is 11.9 Å².